The number of nitriles is 1. The van der Waals surface area contributed by atoms with Crippen LogP contribution in [-0.4, -0.2) is 73.9 Å². The molecule has 1 spiro atoms. The Balaban J connectivity index is 1.15. The lowest BCUT2D eigenvalue weighted by atomic mass is 9.87. The van der Waals surface area contributed by atoms with Crippen LogP contribution < -0.4 is 10.2 Å². The maximum Gasteiger partial charge on any atom is 0.229 e. The zero-order chi connectivity index (χ0) is 24.9. The summed E-state index contributed by atoms with van der Waals surface area (Å²) in [5.41, 5.74) is 0.884. The number of anilines is 2. The molecule has 1 amide bonds. The minimum Gasteiger partial charge on any atom is -0.381 e. The van der Waals surface area contributed by atoms with E-state index in [1.54, 1.807) is 6.20 Å². The lowest BCUT2D eigenvalue weighted by molar-refractivity contribution is -0.118. The maximum absolute atomic E-state index is 12.9. The molecule has 0 radical (unpaired) electrons. The Bertz CT molecular complexity index is 1220. The van der Waals surface area contributed by atoms with Crippen LogP contribution in [0.5, 0.6) is 0 Å². The molecule has 4 fully saturated rings. The van der Waals surface area contributed by atoms with E-state index in [9.17, 15) is 10.1 Å². The highest BCUT2D eigenvalue weighted by Crippen LogP contribution is 2.59. The van der Waals surface area contributed by atoms with Gasteiger partial charge in [0.25, 0.3) is 0 Å². The van der Waals surface area contributed by atoms with Crippen LogP contribution in [0.1, 0.15) is 26.2 Å². The summed E-state index contributed by atoms with van der Waals surface area (Å²) in [5.74, 6) is 0.598. The molecule has 4 aliphatic rings. The summed E-state index contributed by atoms with van der Waals surface area (Å²) in [7, 11) is 0. The second-order valence-electron chi connectivity index (χ2n) is 11.0. The number of carbonyl (C=O) groups is 1. The van der Waals surface area contributed by atoms with Crippen molar-refractivity contribution < 1.29 is 14.3 Å². The van der Waals surface area contributed by atoms with Crippen LogP contribution in [-0.2, 0) is 14.3 Å². The molecular formula is C27H32ClN5O3. The van der Waals surface area contributed by atoms with Gasteiger partial charge in [0.2, 0.25) is 5.91 Å². The van der Waals surface area contributed by atoms with E-state index in [-0.39, 0.29) is 28.7 Å². The van der Waals surface area contributed by atoms with Crippen molar-refractivity contribution >= 4 is 39.8 Å². The highest BCUT2D eigenvalue weighted by Gasteiger charge is 2.58. The van der Waals surface area contributed by atoms with Gasteiger partial charge in [-0.1, -0.05) is 11.6 Å². The van der Waals surface area contributed by atoms with Gasteiger partial charge in [0.15, 0.2) is 0 Å². The van der Waals surface area contributed by atoms with Crippen molar-refractivity contribution in [2.24, 2.45) is 17.3 Å². The van der Waals surface area contributed by atoms with Crippen LogP contribution in [0.2, 0.25) is 5.02 Å². The van der Waals surface area contributed by atoms with E-state index in [2.05, 4.69) is 39.2 Å². The molecule has 3 saturated heterocycles. The molecule has 1 saturated carbocycles. The van der Waals surface area contributed by atoms with E-state index in [1.165, 1.54) is 0 Å². The lowest BCUT2D eigenvalue weighted by Gasteiger charge is -2.45. The van der Waals surface area contributed by atoms with Crippen molar-refractivity contribution in [1.82, 2.24) is 9.88 Å². The smallest absolute Gasteiger partial charge is 0.229 e. The number of rotatable bonds is 4. The van der Waals surface area contributed by atoms with Gasteiger partial charge in [-0.2, -0.15) is 5.26 Å². The molecule has 1 aromatic carbocycles. The molecule has 3 aliphatic heterocycles. The number of fused-ring (bicyclic) bond motifs is 1. The standard InChI is InChI=1S/C27H32ClN5O3/c1-26(17-36-16-20(26)14-29)33-6-4-32(5-7-33)23-11-18-12-24(30-15-19(18)10-22(23)28)31-25(34)21-13-27(21)2-8-35-9-3-27/h10-12,15,20-21H,2-9,13,16-17H2,1H3,(H,30,31,34). The molecule has 6 rings (SSSR count). The number of halogens is 1. The molecule has 8 nitrogen and oxygen atoms in total. The first-order valence-electron chi connectivity index (χ1n) is 12.9. The number of carbonyl (C=O) groups excluding carboxylic acids is 1. The first-order valence-corrected chi connectivity index (χ1v) is 13.2. The molecule has 3 atom stereocenters. The number of piperazine rings is 1. The Morgan fingerprint density at radius 2 is 1.94 bits per heavy atom. The highest BCUT2D eigenvalue weighted by molar-refractivity contribution is 6.34. The molecule has 3 unspecified atom stereocenters. The number of nitrogens with one attached hydrogen (secondary N) is 1. The van der Waals surface area contributed by atoms with E-state index >= 15 is 0 Å². The topological polar surface area (TPSA) is 90.7 Å². The van der Waals surface area contributed by atoms with Crippen LogP contribution in [0.3, 0.4) is 0 Å². The van der Waals surface area contributed by atoms with Crippen LogP contribution in [0.25, 0.3) is 10.8 Å². The molecule has 1 aromatic heterocycles. The minimum atomic E-state index is -0.239. The zero-order valence-corrected chi connectivity index (χ0v) is 21.4. The molecule has 1 aliphatic carbocycles. The van der Waals surface area contributed by atoms with Crippen molar-refractivity contribution in [3.8, 4) is 6.07 Å². The van der Waals surface area contributed by atoms with Gasteiger partial charge in [-0.25, -0.2) is 4.98 Å². The third kappa shape index (κ3) is 4.12. The van der Waals surface area contributed by atoms with Crippen molar-refractivity contribution in [1.29, 1.82) is 5.26 Å². The van der Waals surface area contributed by atoms with Gasteiger partial charge in [-0.05, 0) is 55.2 Å². The van der Waals surface area contributed by atoms with Gasteiger partial charge in [0, 0.05) is 56.9 Å². The number of hydrogen-bond acceptors (Lipinski definition) is 7. The Labute approximate surface area is 216 Å². The highest BCUT2D eigenvalue weighted by atomic mass is 35.5. The molecule has 4 heterocycles. The largest absolute Gasteiger partial charge is 0.381 e. The molecule has 9 heteroatoms. The average Bonchev–Trinajstić information content (AvgIpc) is 3.44. The van der Waals surface area contributed by atoms with E-state index in [1.807, 2.05) is 12.1 Å². The van der Waals surface area contributed by atoms with Gasteiger partial charge < -0.3 is 19.7 Å². The Kier molecular flexibility index (Phi) is 6.08. The molecule has 1 N–H and O–H groups in total. The Morgan fingerprint density at radius 3 is 2.69 bits per heavy atom. The minimum absolute atomic E-state index is 0.0590. The first kappa shape index (κ1) is 23.9. The molecular weight excluding hydrogens is 478 g/mol. The molecule has 190 valence electrons. The second-order valence-corrected chi connectivity index (χ2v) is 11.4. The van der Waals surface area contributed by atoms with Crippen molar-refractivity contribution in [2.45, 2.75) is 31.7 Å². The lowest BCUT2D eigenvalue weighted by Crippen LogP contribution is -2.58. The van der Waals surface area contributed by atoms with Crippen LogP contribution in [0.15, 0.2) is 24.4 Å². The predicted octanol–water partition coefficient (Wildman–Crippen LogP) is 3.69. The summed E-state index contributed by atoms with van der Waals surface area (Å²) in [5, 5.41) is 15.2. The van der Waals surface area contributed by atoms with E-state index in [0.717, 1.165) is 75.1 Å². The molecule has 36 heavy (non-hydrogen) atoms. The predicted molar refractivity (Wildman–Crippen MR) is 138 cm³/mol. The van der Waals surface area contributed by atoms with E-state index in [0.29, 0.717) is 24.1 Å². The summed E-state index contributed by atoms with van der Waals surface area (Å²) >= 11 is 6.70. The number of pyridine rings is 1. The first-order chi connectivity index (χ1) is 17.4. The monoisotopic (exact) mass is 509 g/mol. The van der Waals surface area contributed by atoms with Crippen LogP contribution in [0, 0.1) is 28.6 Å². The number of ether oxygens (including phenoxy) is 2. The third-order valence-corrected chi connectivity index (χ3v) is 9.26. The number of aromatic nitrogens is 1. The quantitative estimate of drug-likeness (QED) is 0.672. The number of amides is 1. The normalized spacial score (nSPS) is 29.9. The van der Waals surface area contributed by atoms with E-state index < -0.39 is 0 Å². The molecule has 2 aromatic rings. The van der Waals surface area contributed by atoms with Gasteiger partial charge in [0.1, 0.15) is 5.82 Å². The number of benzene rings is 1. The Morgan fingerprint density at radius 1 is 1.17 bits per heavy atom. The van der Waals surface area contributed by atoms with Gasteiger partial charge in [0.05, 0.1) is 41.4 Å². The summed E-state index contributed by atoms with van der Waals surface area (Å²) in [6.07, 6.45) is 4.66. The average molecular weight is 510 g/mol. The third-order valence-electron chi connectivity index (χ3n) is 8.96. The summed E-state index contributed by atoms with van der Waals surface area (Å²) in [6.45, 7) is 8.08. The van der Waals surface area contributed by atoms with Crippen LogP contribution in [0.4, 0.5) is 11.5 Å². The SMILES string of the molecule is CC1(N2CCN(c3cc4cc(NC(=O)C5CC56CCOCC6)ncc4cc3Cl)CC2)COCC1C#N. The number of hydrogen-bond donors (Lipinski definition) is 1. The maximum atomic E-state index is 12.9. The van der Waals surface area contributed by atoms with Crippen molar-refractivity contribution in [2.75, 3.05) is 62.8 Å². The second kappa shape index (κ2) is 9.14. The fraction of sp³-hybridized carbons (Fsp3) is 0.593. The summed E-state index contributed by atoms with van der Waals surface area (Å²) in [6, 6.07) is 8.42. The fourth-order valence-electron chi connectivity index (χ4n) is 6.34. The van der Waals surface area contributed by atoms with Gasteiger partial charge in [-0.3, -0.25) is 9.69 Å². The summed E-state index contributed by atoms with van der Waals surface area (Å²) in [4.78, 5) is 22.1. The number of nitrogens with zero attached hydrogens (tertiary/aromatic N) is 4. The van der Waals surface area contributed by atoms with Crippen LogP contribution >= 0.6 is 11.6 Å². The fourth-order valence-corrected chi connectivity index (χ4v) is 6.63. The van der Waals surface area contributed by atoms with Crippen molar-refractivity contribution in [3.63, 3.8) is 0 Å². The summed E-state index contributed by atoms with van der Waals surface area (Å²) < 4.78 is 11.1. The van der Waals surface area contributed by atoms with Gasteiger partial charge in [-0.15, -0.1) is 0 Å². The zero-order valence-electron chi connectivity index (χ0n) is 20.6. The Hall–Kier alpha value is -2.44. The van der Waals surface area contributed by atoms with Crippen molar-refractivity contribution in [3.05, 3.63) is 29.4 Å². The van der Waals surface area contributed by atoms with Gasteiger partial charge >= 0.3 is 0 Å². The van der Waals surface area contributed by atoms with E-state index in [4.69, 9.17) is 21.1 Å². The molecule has 0 bridgehead atoms.